The molecule has 1 aromatic heterocycles. The van der Waals surface area contributed by atoms with Crippen LogP contribution in [0.3, 0.4) is 0 Å². The van der Waals surface area contributed by atoms with Crippen molar-refractivity contribution in [3.63, 3.8) is 0 Å². The lowest BCUT2D eigenvalue weighted by Crippen LogP contribution is -3.00. The number of amides is 1. The van der Waals surface area contributed by atoms with E-state index in [-0.39, 0.29) is 23.9 Å². The maximum atomic E-state index is 11.8. The molecule has 0 bridgehead atoms. The zero-order valence-corrected chi connectivity index (χ0v) is 17.0. The second-order valence-corrected chi connectivity index (χ2v) is 5.99. The first-order valence-corrected chi connectivity index (χ1v) is 8.53. The Morgan fingerprint density at radius 2 is 2.19 bits per heavy atom. The summed E-state index contributed by atoms with van der Waals surface area (Å²) in [5.74, 6) is 0.785. The van der Waals surface area contributed by atoms with Crippen molar-refractivity contribution in [2.24, 2.45) is 0 Å². The quantitative estimate of drug-likeness (QED) is 0.289. The monoisotopic (exact) mass is 460 g/mol. The second kappa shape index (κ2) is 11.4. The van der Waals surface area contributed by atoms with Crippen molar-refractivity contribution in [2.45, 2.75) is 6.54 Å². The molecule has 0 unspecified atom stereocenters. The minimum atomic E-state index is -0.432. The van der Waals surface area contributed by atoms with Crippen LogP contribution in [-0.4, -0.2) is 43.0 Å². The van der Waals surface area contributed by atoms with Crippen LogP contribution in [0.5, 0.6) is 11.5 Å². The van der Waals surface area contributed by atoms with Crippen LogP contribution in [0.25, 0.3) is 0 Å². The largest absolute Gasteiger partial charge is 1.00 e. The van der Waals surface area contributed by atoms with Gasteiger partial charge in [0.1, 0.15) is 6.61 Å². The summed E-state index contributed by atoms with van der Waals surface area (Å²) in [5.41, 5.74) is 6.43. The van der Waals surface area contributed by atoms with E-state index in [1.54, 1.807) is 13.2 Å². The summed E-state index contributed by atoms with van der Waals surface area (Å²) in [6.07, 6.45) is 1.67. The number of anilines is 1. The van der Waals surface area contributed by atoms with E-state index in [0.717, 1.165) is 10.0 Å². The van der Waals surface area contributed by atoms with Crippen molar-refractivity contribution >= 4 is 27.7 Å². The molecular formula is C16H20BrClN5O4-. The highest BCUT2D eigenvalue weighted by atomic mass is 79.9. The van der Waals surface area contributed by atoms with E-state index < -0.39 is 5.91 Å². The van der Waals surface area contributed by atoms with E-state index in [1.807, 2.05) is 12.1 Å². The fourth-order valence-electron chi connectivity index (χ4n) is 2.09. The van der Waals surface area contributed by atoms with E-state index in [0.29, 0.717) is 37.7 Å². The Kier molecular flexibility index (Phi) is 9.62. The van der Waals surface area contributed by atoms with Crippen molar-refractivity contribution in [1.82, 2.24) is 20.9 Å². The average Bonchev–Trinajstić information content (AvgIpc) is 3.06. The van der Waals surface area contributed by atoms with Gasteiger partial charge in [0.05, 0.1) is 11.6 Å². The highest BCUT2D eigenvalue weighted by Crippen LogP contribution is 2.36. The lowest BCUT2D eigenvalue weighted by Gasteiger charge is -2.14. The van der Waals surface area contributed by atoms with Gasteiger partial charge in [-0.1, -0.05) is 12.7 Å². The Balaban J connectivity index is 0.00000364. The van der Waals surface area contributed by atoms with Crippen molar-refractivity contribution < 1.29 is 31.3 Å². The molecule has 27 heavy (non-hydrogen) atoms. The molecule has 2 rings (SSSR count). The van der Waals surface area contributed by atoms with Crippen LogP contribution in [0.15, 0.2) is 33.9 Å². The molecule has 4 N–H and O–H groups in total. The number of halogens is 2. The van der Waals surface area contributed by atoms with Crippen LogP contribution in [0.2, 0.25) is 0 Å². The summed E-state index contributed by atoms with van der Waals surface area (Å²) in [7, 11) is 1.58. The van der Waals surface area contributed by atoms with E-state index in [2.05, 4.69) is 48.1 Å². The SMILES string of the molecule is C=CCOc1c(Br)cc(CNCCNC(=O)c2nonc2N)cc1OC.[Cl-]. The Labute approximate surface area is 171 Å². The summed E-state index contributed by atoms with van der Waals surface area (Å²) in [5, 5.41) is 12.7. The number of carbonyl (C=O) groups excluding carboxylic acids is 1. The lowest BCUT2D eigenvalue weighted by molar-refractivity contribution is -0.0000147. The fraction of sp³-hybridized carbons (Fsp3) is 0.312. The predicted octanol–water partition coefficient (Wildman–Crippen LogP) is -1.49. The molecule has 0 saturated heterocycles. The predicted molar refractivity (Wildman–Crippen MR) is 99.1 cm³/mol. The van der Waals surface area contributed by atoms with Gasteiger partial charge in [0.15, 0.2) is 11.5 Å². The fourth-order valence-corrected chi connectivity index (χ4v) is 2.70. The number of benzene rings is 1. The van der Waals surface area contributed by atoms with Crippen molar-refractivity contribution in [3.8, 4) is 11.5 Å². The standard InChI is InChI=1S/C16H20BrN5O4.ClH/c1-3-6-25-14-11(17)7-10(8-12(14)24-2)9-19-4-5-20-16(23)13-15(18)22-26-21-13;/h3,7-8,19H,1,4-6,9H2,2H3,(H2,18,22)(H,20,23);1H/p-1. The summed E-state index contributed by atoms with van der Waals surface area (Å²) in [6.45, 7) is 5.54. The van der Waals surface area contributed by atoms with Crippen molar-refractivity contribution in [2.75, 3.05) is 32.5 Å². The van der Waals surface area contributed by atoms with Gasteiger partial charge in [-0.05, 0) is 43.9 Å². The van der Waals surface area contributed by atoms with Gasteiger partial charge >= 0.3 is 0 Å². The highest BCUT2D eigenvalue weighted by Gasteiger charge is 2.15. The number of rotatable bonds is 10. The van der Waals surface area contributed by atoms with Crippen LogP contribution in [-0.2, 0) is 6.54 Å². The normalized spacial score (nSPS) is 10.0. The number of nitrogens with zero attached hydrogens (tertiary/aromatic N) is 2. The van der Waals surface area contributed by atoms with Gasteiger partial charge in [-0.3, -0.25) is 4.79 Å². The summed E-state index contributed by atoms with van der Waals surface area (Å²) in [6, 6.07) is 3.82. The van der Waals surface area contributed by atoms with Gasteiger partial charge in [0.25, 0.3) is 5.91 Å². The van der Waals surface area contributed by atoms with Crippen LogP contribution in [0, 0.1) is 0 Å². The van der Waals surface area contributed by atoms with Crippen LogP contribution in [0.4, 0.5) is 5.82 Å². The number of carbonyl (C=O) groups is 1. The lowest BCUT2D eigenvalue weighted by atomic mass is 10.2. The zero-order chi connectivity index (χ0) is 18.9. The number of nitrogens with one attached hydrogen (secondary N) is 2. The molecule has 148 valence electrons. The Morgan fingerprint density at radius 1 is 1.41 bits per heavy atom. The number of hydrogen-bond acceptors (Lipinski definition) is 8. The topological polar surface area (TPSA) is 125 Å². The molecular weight excluding hydrogens is 442 g/mol. The number of hydrogen-bond donors (Lipinski definition) is 3. The Morgan fingerprint density at radius 3 is 2.81 bits per heavy atom. The summed E-state index contributed by atoms with van der Waals surface area (Å²) < 4.78 is 16.1. The van der Waals surface area contributed by atoms with Crippen molar-refractivity contribution in [3.05, 3.63) is 40.5 Å². The maximum absolute atomic E-state index is 11.8. The number of nitrogen functional groups attached to an aromatic ring is 1. The van der Waals surface area contributed by atoms with Gasteiger partial charge < -0.3 is 38.2 Å². The molecule has 1 heterocycles. The van der Waals surface area contributed by atoms with E-state index in [1.165, 1.54) is 0 Å². The molecule has 0 atom stereocenters. The third-order valence-electron chi connectivity index (χ3n) is 3.28. The smallest absolute Gasteiger partial charge is 0.277 e. The highest BCUT2D eigenvalue weighted by molar-refractivity contribution is 9.10. The number of ether oxygens (including phenoxy) is 2. The van der Waals surface area contributed by atoms with Crippen LogP contribution >= 0.6 is 15.9 Å². The minimum Gasteiger partial charge on any atom is -1.00 e. The second-order valence-electron chi connectivity index (χ2n) is 5.14. The molecule has 1 amide bonds. The molecule has 2 aromatic rings. The molecule has 0 aliphatic heterocycles. The van der Waals surface area contributed by atoms with Gasteiger partial charge in [-0.25, -0.2) is 4.63 Å². The van der Waals surface area contributed by atoms with E-state index in [9.17, 15) is 4.79 Å². The third kappa shape index (κ3) is 6.42. The third-order valence-corrected chi connectivity index (χ3v) is 3.87. The summed E-state index contributed by atoms with van der Waals surface area (Å²) in [4.78, 5) is 11.8. The molecule has 1 aromatic carbocycles. The van der Waals surface area contributed by atoms with Gasteiger partial charge in [-0.15, -0.1) is 0 Å². The molecule has 0 aliphatic carbocycles. The molecule has 9 nitrogen and oxygen atoms in total. The minimum absolute atomic E-state index is 0. The number of methoxy groups -OCH3 is 1. The first kappa shape index (κ1) is 22.7. The van der Waals surface area contributed by atoms with Crippen LogP contribution < -0.4 is 38.2 Å². The average molecular weight is 462 g/mol. The molecule has 0 radical (unpaired) electrons. The van der Waals surface area contributed by atoms with Gasteiger partial charge in [-0.2, -0.15) is 0 Å². The number of aromatic nitrogens is 2. The van der Waals surface area contributed by atoms with Gasteiger partial charge in [0, 0.05) is 19.6 Å². The zero-order valence-electron chi connectivity index (χ0n) is 14.6. The number of nitrogens with two attached hydrogens (primary N) is 1. The molecule has 0 spiro atoms. The van der Waals surface area contributed by atoms with Gasteiger partial charge in [0.2, 0.25) is 11.5 Å². The van der Waals surface area contributed by atoms with Crippen LogP contribution in [0.1, 0.15) is 16.1 Å². The first-order valence-electron chi connectivity index (χ1n) is 7.73. The maximum Gasteiger partial charge on any atom is 0.277 e. The Hall–Kier alpha value is -2.30. The first-order chi connectivity index (χ1) is 12.6. The molecule has 11 heteroatoms. The summed E-state index contributed by atoms with van der Waals surface area (Å²) >= 11 is 3.48. The van der Waals surface area contributed by atoms with E-state index in [4.69, 9.17) is 15.2 Å². The molecule has 0 aliphatic rings. The Bertz CT molecular complexity index is 771. The molecule has 0 fully saturated rings. The molecule has 0 saturated carbocycles. The van der Waals surface area contributed by atoms with E-state index >= 15 is 0 Å². The van der Waals surface area contributed by atoms with Crippen molar-refractivity contribution in [1.29, 1.82) is 0 Å².